The van der Waals surface area contributed by atoms with E-state index in [9.17, 15) is 0 Å². The molecule has 17 heavy (non-hydrogen) atoms. The highest BCUT2D eigenvalue weighted by Crippen LogP contribution is 2.22. The van der Waals surface area contributed by atoms with Gasteiger partial charge >= 0.3 is 0 Å². The van der Waals surface area contributed by atoms with E-state index in [0.29, 0.717) is 22.2 Å². The van der Waals surface area contributed by atoms with Crippen molar-refractivity contribution in [2.75, 3.05) is 11.1 Å². The lowest BCUT2D eigenvalue weighted by atomic mass is 10.2. The van der Waals surface area contributed by atoms with E-state index in [-0.39, 0.29) is 0 Å². The van der Waals surface area contributed by atoms with E-state index in [1.807, 2.05) is 6.07 Å². The van der Waals surface area contributed by atoms with Crippen LogP contribution < -0.4 is 11.1 Å². The number of nitrogens with one attached hydrogen (secondary N) is 1. The molecule has 0 saturated carbocycles. The zero-order valence-electron chi connectivity index (χ0n) is 8.81. The SMILES string of the molecule is N#Cc1ccc(Nc2cccc(N)n2)cc1Cl. The van der Waals surface area contributed by atoms with E-state index in [1.165, 1.54) is 0 Å². The fourth-order valence-electron chi connectivity index (χ4n) is 1.35. The lowest BCUT2D eigenvalue weighted by molar-refractivity contribution is 1.31. The molecule has 0 radical (unpaired) electrons. The molecule has 0 aliphatic rings. The van der Waals surface area contributed by atoms with Gasteiger partial charge in [0.25, 0.3) is 0 Å². The molecule has 0 atom stereocenters. The van der Waals surface area contributed by atoms with Gasteiger partial charge in [-0.1, -0.05) is 17.7 Å². The Morgan fingerprint density at radius 3 is 2.76 bits per heavy atom. The standard InChI is InChI=1S/C12H9ClN4/c13-10-6-9(5-4-8(10)7-14)16-12-3-1-2-11(15)17-12/h1-6H,(H3,15,16,17). The second-order valence-corrected chi connectivity index (χ2v) is 3.79. The van der Waals surface area contributed by atoms with Gasteiger partial charge in [-0.3, -0.25) is 0 Å². The summed E-state index contributed by atoms with van der Waals surface area (Å²) in [5.74, 6) is 1.07. The minimum absolute atomic E-state index is 0.404. The quantitative estimate of drug-likeness (QED) is 0.852. The molecule has 0 unspecified atom stereocenters. The smallest absolute Gasteiger partial charge is 0.132 e. The minimum Gasteiger partial charge on any atom is -0.384 e. The number of pyridine rings is 1. The van der Waals surface area contributed by atoms with Crippen LogP contribution in [0.2, 0.25) is 5.02 Å². The molecule has 84 valence electrons. The van der Waals surface area contributed by atoms with Crippen molar-refractivity contribution in [1.82, 2.24) is 4.98 Å². The maximum absolute atomic E-state index is 8.75. The molecule has 0 aliphatic carbocycles. The molecule has 0 bridgehead atoms. The van der Waals surface area contributed by atoms with Gasteiger partial charge in [0.05, 0.1) is 10.6 Å². The van der Waals surface area contributed by atoms with Crippen LogP contribution in [0.3, 0.4) is 0 Å². The number of aromatic nitrogens is 1. The van der Waals surface area contributed by atoms with E-state index >= 15 is 0 Å². The molecule has 1 heterocycles. The van der Waals surface area contributed by atoms with Crippen molar-refractivity contribution in [3.8, 4) is 6.07 Å². The maximum Gasteiger partial charge on any atom is 0.132 e. The molecule has 0 aliphatic heterocycles. The average Bonchev–Trinajstić information content (AvgIpc) is 2.29. The fraction of sp³-hybridized carbons (Fsp3) is 0. The summed E-state index contributed by atoms with van der Waals surface area (Å²) in [4.78, 5) is 4.10. The first-order valence-electron chi connectivity index (χ1n) is 4.88. The number of nitrogens with zero attached hydrogens (tertiary/aromatic N) is 2. The van der Waals surface area contributed by atoms with Gasteiger partial charge in [-0.25, -0.2) is 4.98 Å². The van der Waals surface area contributed by atoms with Crippen LogP contribution in [0.1, 0.15) is 5.56 Å². The van der Waals surface area contributed by atoms with Gasteiger partial charge < -0.3 is 11.1 Å². The van der Waals surface area contributed by atoms with Crippen molar-refractivity contribution in [2.24, 2.45) is 0 Å². The lowest BCUT2D eigenvalue weighted by Crippen LogP contribution is -1.96. The largest absolute Gasteiger partial charge is 0.384 e. The minimum atomic E-state index is 0.404. The molecule has 2 rings (SSSR count). The monoisotopic (exact) mass is 244 g/mol. The molecule has 1 aromatic carbocycles. The number of benzene rings is 1. The topological polar surface area (TPSA) is 74.7 Å². The predicted octanol–water partition coefficient (Wildman–Crippen LogP) is 2.93. The van der Waals surface area contributed by atoms with Crippen LogP contribution >= 0.6 is 11.6 Å². The second-order valence-electron chi connectivity index (χ2n) is 3.38. The summed E-state index contributed by atoms with van der Waals surface area (Å²) in [6.07, 6.45) is 0. The van der Waals surface area contributed by atoms with Crippen molar-refractivity contribution >= 4 is 28.9 Å². The number of nitriles is 1. The Kier molecular flexibility index (Phi) is 3.12. The van der Waals surface area contributed by atoms with E-state index < -0.39 is 0 Å². The normalized spacial score (nSPS) is 9.65. The Balaban J connectivity index is 2.25. The third kappa shape index (κ3) is 2.65. The maximum atomic E-state index is 8.75. The molecular weight excluding hydrogens is 236 g/mol. The Labute approximate surface area is 104 Å². The molecule has 0 amide bonds. The van der Waals surface area contributed by atoms with Gasteiger partial charge in [-0.2, -0.15) is 5.26 Å². The number of rotatable bonds is 2. The van der Waals surface area contributed by atoms with Gasteiger partial charge in [0.15, 0.2) is 0 Å². The zero-order valence-corrected chi connectivity index (χ0v) is 9.57. The highest BCUT2D eigenvalue weighted by atomic mass is 35.5. The molecule has 1 aromatic heterocycles. The van der Waals surface area contributed by atoms with Crippen LogP contribution in [-0.4, -0.2) is 4.98 Å². The van der Waals surface area contributed by atoms with Crippen LogP contribution in [0.5, 0.6) is 0 Å². The molecule has 2 aromatic rings. The Hall–Kier alpha value is -2.25. The number of halogens is 1. The highest BCUT2D eigenvalue weighted by Gasteiger charge is 2.02. The molecule has 5 heteroatoms. The first-order valence-corrected chi connectivity index (χ1v) is 5.26. The van der Waals surface area contributed by atoms with Gasteiger partial charge in [-0.15, -0.1) is 0 Å². The first kappa shape index (κ1) is 11.2. The molecule has 3 N–H and O–H groups in total. The Morgan fingerprint density at radius 2 is 2.12 bits per heavy atom. The predicted molar refractivity (Wildman–Crippen MR) is 68.1 cm³/mol. The summed E-state index contributed by atoms with van der Waals surface area (Å²) in [7, 11) is 0. The van der Waals surface area contributed by atoms with Crippen molar-refractivity contribution in [2.45, 2.75) is 0 Å². The van der Waals surface area contributed by atoms with Gasteiger partial charge in [0.1, 0.15) is 17.7 Å². The van der Waals surface area contributed by atoms with Crippen LogP contribution in [-0.2, 0) is 0 Å². The summed E-state index contributed by atoms with van der Waals surface area (Å²) in [6, 6.07) is 12.4. The van der Waals surface area contributed by atoms with Crippen molar-refractivity contribution < 1.29 is 0 Å². The van der Waals surface area contributed by atoms with Crippen LogP contribution in [0.4, 0.5) is 17.3 Å². The van der Waals surface area contributed by atoms with Crippen LogP contribution in [0.15, 0.2) is 36.4 Å². The van der Waals surface area contributed by atoms with Gasteiger partial charge in [-0.05, 0) is 30.3 Å². The van der Waals surface area contributed by atoms with E-state index in [0.717, 1.165) is 5.69 Å². The average molecular weight is 245 g/mol. The molecular formula is C12H9ClN4. The molecule has 0 saturated heterocycles. The summed E-state index contributed by atoms with van der Waals surface area (Å²) >= 11 is 5.92. The van der Waals surface area contributed by atoms with E-state index in [1.54, 1.807) is 36.4 Å². The highest BCUT2D eigenvalue weighted by molar-refractivity contribution is 6.32. The third-order valence-corrected chi connectivity index (χ3v) is 2.45. The van der Waals surface area contributed by atoms with Crippen molar-refractivity contribution in [1.29, 1.82) is 5.26 Å². The number of nitrogens with two attached hydrogens (primary N) is 1. The first-order chi connectivity index (χ1) is 8.19. The Morgan fingerprint density at radius 1 is 1.29 bits per heavy atom. The zero-order chi connectivity index (χ0) is 12.3. The molecule has 0 spiro atoms. The number of hydrogen-bond donors (Lipinski definition) is 2. The summed E-state index contributed by atoms with van der Waals surface area (Å²) in [5.41, 5.74) is 6.77. The van der Waals surface area contributed by atoms with Crippen LogP contribution in [0, 0.1) is 11.3 Å². The second kappa shape index (κ2) is 4.73. The third-order valence-electron chi connectivity index (χ3n) is 2.13. The van der Waals surface area contributed by atoms with Gasteiger partial charge in [0, 0.05) is 5.69 Å². The van der Waals surface area contributed by atoms with E-state index in [4.69, 9.17) is 22.6 Å². The lowest BCUT2D eigenvalue weighted by Gasteiger charge is -2.06. The molecule has 4 nitrogen and oxygen atoms in total. The van der Waals surface area contributed by atoms with Crippen molar-refractivity contribution in [3.05, 3.63) is 47.0 Å². The van der Waals surface area contributed by atoms with Gasteiger partial charge in [0.2, 0.25) is 0 Å². The van der Waals surface area contributed by atoms with Crippen molar-refractivity contribution in [3.63, 3.8) is 0 Å². The summed E-state index contributed by atoms with van der Waals surface area (Å²) in [6.45, 7) is 0. The molecule has 0 fully saturated rings. The number of hydrogen-bond acceptors (Lipinski definition) is 4. The summed E-state index contributed by atoms with van der Waals surface area (Å²) < 4.78 is 0. The Bertz CT molecular complexity index is 589. The number of nitrogen functional groups attached to an aromatic ring is 1. The number of anilines is 3. The summed E-state index contributed by atoms with van der Waals surface area (Å²) in [5, 5.41) is 12.2. The van der Waals surface area contributed by atoms with Crippen LogP contribution in [0.25, 0.3) is 0 Å². The fourth-order valence-corrected chi connectivity index (χ4v) is 1.58. The van der Waals surface area contributed by atoms with E-state index in [2.05, 4.69) is 10.3 Å².